The van der Waals surface area contributed by atoms with Crippen molar-refractivity contribution in [1.29, 1.82) is 0 Å². The normalized spacial score (nSPS) is 19.4. The van der Waals surface area contributed by atoms with Crippen molar-refractivity contribution >= 4 is 29.1 Å². The fourth-order valence-corrected chi connectivity index (χ4v) is 4.87. The topological polar surface area (TPSA) is 94.6 Å². The minimum Gasteiger partial charge on any atom is -0.350 e. The number of amides is 3. The van der Waals surface area contributed by atoms with Crippen LogP contribution in [0.4, 0.5) is 0 Å². The van der Waals surface area contributed by atoms with Crippen LogP contribution in [0.25, 0.3) is 0 Å². The molecule has 0 aliphatic carbocycles. The Labute approximate surface area is 185 Å². The van der Waals surface area contributed by atoms with E-state index >= 15 is 0 Å². The molecule has 2 aliphatic rings. The second-order valence-corrected chi connectivity index (χ2v) is 8.78. The zero-order valence-electron chi connectivity index (χ0n) is 17.8. The molecule has 1 unspecified atom stereocenters. The molecule has 1 aromatic heterocycles. The SMILES string of the molecule is CCC(CNC(=O)c1scnc1C)C(=O)N[C@@H]1C(=O)N2CCCN2Cc2ccccc21. The van der Waals surface area contributed by atoms with Gasteiger partial charge in [0.2, 0.25) is 5.91 Å². The maximum atomic E-state index is 13.3. The Morgan fingerprint density at radius 3 is 2.84 bits per heavy atom. The summed E-state index contributed by atoms with van der Waals surface area (Å²) in [5, 5.41) is 9.64. The van der Waals surface area contributed by atoms with Crippen LogP contribution in [0, 0.1) is 12.8 Å². The second-order valence-electron chi connectivity index (χ2n) is 7.93. The summed E-state index contributed by atoms with van der Waals surface area (Å²) in [6.45, 7) is 6.06. The fraction of sp³-hybridized carbons (Fsp3) is 0.455. The fourth-order valence-electron chi connectivity index (χ4n) is 4.16. The first-order valence-electron chi connectivity index (χ1n) is 10.6. The second kappa shape index (κ2) is 9.15. The molecule has 2 N–H and O–H groups in total. The molecule has 2 atom stereocenters. The monoisotopic (exact) mass is 441 g/mol. The van der Waals surface area contributed by atoms with Gasteiger partial charge in [-0.25, -0.2) is 9.99 Å². The molecule has 0 radical (unpaired) electrons. The van der Waals surface area contributed by atoms with Gasteiger partial charge in [-0.3, -0.25) is 19.4 Å². The van der Waals surface area contributed by atoms with Crippen molar-refractivity contribution in [3.63, 3.8) is 0 Å². The zero-order valence-corrected chi connectivity index (χ0v) is 18.6. The van der Waals surface area contributed by atoms with Crippen LogP contribution in [-0.2, 0) is 16.1 Å². The number of nitrogens with zero attached hydrogens (tertiary/aromatic N) is 3. The van der Waals surface area contributed by atoms with Crippen molar-refractivity contribution in [3.05, 3.63) is 51.5 Å². The lowest BCUT2D eigenvalue weighted by atomic mass is 9.98. The van der Waals surface area contributed by atoms with E-state index in [9.17, 15) is 14.4 Å². The van der Waals surface area contributed by atoms with Crippen molar-refractivity contribution in [2.24, 2.45) is 5.92 Å². The van der Waals surface area contributed by atoms with Gasteiger partial charge in [0.05, 0.1) is 17.1 Å². The first-order valence-corrected chi connectivity index (χ1v) is 11.5. The quantitative estimate of drug-likeness (QED) is 0.715. The Kier molecular flexibility index (Phi) is 6.33. The molecule has 0 saturated carbocycles. The zero-order chi connectivity index (χ0) is 22.0. The minimum absolute atomic E-state index is 0.102. The van der Waals surface area contributed by atoms with Gasteiger partial charge in [-0.2, -0.15) is 0 Å². The van der Waals surface area contributed by atoms with Crippen LogP contribution in [0.3, 0.4) is 0 Å². The number of nitrogens with one attached hydrogen (secondary N) is 2. The Morgan fingerprint density at radius 2 is 2.10 bits per heavy atom. The highest BCUT2D eigenvalue weighted by molar-refractivity contribution is 7.11. The van der Waals surface area contributed by atoms with E-state index in [1.165, 1.54) is 11.3 Å². The number of benzene rings is 1. The van der Waals surface area contributed by atoms with E-state index in [-0.39, 0.29) is 24.3 Å². The molecule has 1 saturated heterocycles. The molecule has 4 rings (SSSR count). The lowest BCUT2D eigenvalue weighted by molar-refractivity contribution is -0.148. The van der Waals surface area contributed by atoms with Crippen molar-refractivity contribution in [2.75, 3.05) is 19.6 Å². The number of carbonyl (C=O) groups is 3. The smallest absolute Gasteiger partial charge is 0.264 e. The lowest BCUT2D eigenvalue weighted by Crippen LogP contribution is -2.47. The number of hydrogen-bond donors (Lipinski definition) is 2. The average molecular weight is 442 g/mol. The van der Waals surface area contributed by atoms with Crippen molar-refractivity contribution in [3.8, 4) is 0 Å². The van der Waals surface area contributed by atoms with Gasteiger partial charge in [-0.15, -0.1) is 11.3 Å². The predicted molar refractivity (Wildman–Crippen MR) is 117 cm³/mol. The highest BCUT2D eigenvalue weighted by Gasteiger charge is 2.38. The predicted octanol–water partition coefficient (Wildman–Crippen LogP) is 2.03. The molecule has 1 aromatic carbocycles. The maximum Gasteiger partial charge on any atom is 0.264 e. The highest BCUT2D eigenvalue weighted by Crippen LogP contribution is 2.30. The number of hydrogen-bond acceptors (Lipinski definition) is 6. The molecule has 2 aliphatic heterocycles. The molecular formula is C22H27N5O3S. The first-order chi connectivity index (χ1) is 15.0. The number of aryl methyl sites for hydroxylation is 1. The number of aromatic nitrogens is 1. The van der Waals surface area contributed by atoms with Crippen LogP contribution < -0.4 is 10.6 Å². The summed E-state index contributed by atoms with van der Waals surface area (Å²) in [7, 11) is 0. The summed E-state index contributed by atoms with van der Waals surface area (Å²) >= 11 is 1.28. The van der Waals surface area contributed by atoms with Gasteiger partial charge in [0.15, 0.2) is 0 Å². The van der Waals surface area contributed by atoms with Crippen molar-refractivity contribution in [1.82, 2.24) is 25.6 Å². The van der Waals surface area contributed by atoms with Crippen LogP contribution in [0.2, 0.25) is 0 Å². The third kappa shape index (κ3) is 4.33. The van der Waals surface area contributed by atoms with Gasteiger partial charge < -0.3 is 10.6 Å². The van der Waals surface area contributed by atoms with Crippen LogP contribution >= 0.6 is 11.3 Å². The maximum absolute atomic E-state index is 13.3. The van der Waals surface area contributed by atoms with E-state index in [2.05, 4.69) is 20.6 Å². The lowest BCUT2D eigenvalue weighted by Gasteiger charge is -2.28. The summed E-state index contributed by atoms with van der Waals surface area (Å²) in [5.41, 5.74) is 4.20. The van der Waals surface area contributed by atoms with Crippen molar-refractivity contribution < 1.29 is 14.4 Å². The van der Waals surface area contributed by atoms with E-state index in [4.69, 9.17) is 0 Å². The van der Waals surface area contributed by atoms with E-state index in [0.717, 1.165) is 24.1 Å². The largest absolute Gasteiger partial charge is 0.350 e. The summed E-state index contributed by atoms with van der Waals surface area (Å²) in [4.78, 5) is 43.5. The molecule has 8 nitrogen and oxygen atoms in total. The van der Waals surface area contributed by atoms with Gasteiger partial charge in [-0.05, 0) is 30.9 Å². The number of carbonyl (C=O) groups excluding carboxylic acids is 3. The third-order valence-corrected chi connectivity index (χ3v) is 6.89. The molecule has 3 amide bonds. The van der Waals surface area contributed by atoms with Gasteiger partial charge in [0, 0.05) is 26.2 Å². The van der Waals surface area contributed by atoms with E-state index in [1.54, 1.807) is 17.4 Å². The van der Waals surface area contributed by atoms with Gasteiger partial charge in [-0.1, -0.05) is 31.2 Å². The van der Waals surface area contributed by atoms with E-state index in [1.807, 2.05) is 31.2 Å². The summed E-state index contributed by atoms with van der Waals surface area (Å²) in [6.07, 6.45) is 1.47. The van der Waals surface area contributed by atoms with Crippen LogP contribution in [0.1, 0.15) is 52.3 Å². The molecular weight excluding hydrogens is 414 g/mol. The Balaban J connectivity index is 1.48. The Morgan fingerprint density at radius 1 is 1.29 bits per heavy atom. The third-order valence-electron chi connectivity index (χ3n) is 5.96. The first kappa shape index (κ1) is 21.5. The van der Waals surface area contributed by atoms with E-state index < -0.39 is 12.0 Å². The molecule has 9 heteroatoms. The molecule has 3 heterocycles. The summed E-state index contributed by atoms with van der Waals surface area (Å²) in [6, 6.07) is 7.06. The van der Waals surface area contributed by atoms with Gasteiger partial charge in [0.1, 0.15) is 10.9 Å². The molecule has 0 bridgehead atoms. The number of rotatable bonds is 6. The average Bonchev–Trinajstić information content (AvgIpc) is 3.39. The number of thiazole rings is 1. The minimum atomic E-state index is -0.722. The summed E-state index contributed by atoms with van der Waals surface area (Å²) < 4.78 is 0. The molecule has 0 spiro atoms. The van der Waals surface area contributed by atoms with Gasteiger partial charge >= 0.3 is 0 Å². The highest BCUT2D eigenvalue weighted by atomic mass is 32.1. The molecule has 2 aromatic rings. The Bertz CT molecular complexity index is 991. The Hall–Kier alpha value is -2.78. The standard InChI is InChI=1S/C22H27N5O3S/c1-3-15(11-23-21(29)19-14(2)24-13-31-19)20(28)25-18-17-8-5-4-7-16(17)12-26-9-6-10-27(26)22(18)30/h4-5,7-8,13,15,18H,3,6,9-12H2,1-2H3,(H,23,29)(H,25,28)/t15?,18-/m0/s1. The summed E-state index contributed by atoms with van der Waals surface area (Å²) in [5.74, 6) is -0.996. The van der Waals surface area contributed by atoms with Crippen LogP contribution in [0.15, 0.2) is 29.8 Å². The molecule has 1 fully saturated rings. The molecule has 31 heavy (non-hydrogen) atoms. The van der Waals surface area contributed by atoms with Crippen LogP contribution in [-0.4, -0.2) is 52.4 Å². The molecule has 164 valence electrons. The number of fused-ring (bicyclic) bond motifs is 2. The number of hydrazine groups is 1. The van der Waals surface area contributed by atoms with Crippen LogP contribution in [0.5, 0.6) is 0 Å². The van der Waals surface area contributed by atoms with E-state index in [0.29, 0.717) is 30.1 Å². The van der Waals surface area contributed by atoms with Crippen molar-refractivity contribution in [2.45, 2.75) is 39.3 Å². The van der Waals surface area contributed by atoms with Gasteiger partial charge in [0.25, 0.3) is 11.8 Å².